The van der Waals surface area contributed by atoms with Crippen molar-refractivity contribution in [3.8, 4) is 5.75 Å². The van der Waals surface area contributed by atoms with Crippen molar-refractivity contribution in [1.82, 2.24) is 19.7 Å². The average molecular weight is 342 g/mol. The quantitative estimate of drug-likeness (QED) is 0.891. The van der Waals surface area contributed by atoms with Crippen LogP contribution in [0.5, 0.6) is 5.75 Å². The zero-order valence-electron chi connectivity index (χ0n) is 14.0. The molecule has 1 fully saturated rings. The highest BCUT2D eigenvalue weighted by Gasteiger charge is 2.33. The monoisotopic (exact) mass is 342 g/mol. The minimum absolute atomic E-state index is 0.00259. The Morgan fingerprint density at radius 1 is 1.40 bits per heavy atom. The summed E-state index contributed by atoms with van der Waals surface area (Å²) in [5.74, 6) is 0.887. The van der Waals surface area contributed by atoms with E-state index in [-0.39, 0.29) is 12.5 Å². The van der Waals surface area contributed by atoms with Gasteiger partial charge in [0.05, 0.1) is 24.1 Å². The van der Waals surface area contributed by atoms with Crippen LogP contribution >= 0.6 is 0 Å². The van der Waals surface area contributed by atoms with Crippen LogP contribution in [0.1, 0.15) is 36.8 Å². The molecular formula is C18H22N4O3. The van der Waals surface area contributed by atoms with Crippen LogP contribution in [0.15, 0.2) is 30.6 Å². The largest absolute Gasteiger partial charge is 0.482 e. The fourth-order valence-electron chi connectivity index (χ4n) is 3.16. The Morgan fingerprint density at radius 3 is 3.04 bits per heavy atom. The van der Waals surface area contributed by atoms with E-state index >= 15 is 0 Å². The predicted octanol–water partition coefficient (Wildman–Crippen LogP) is 1.53. The van der Waals surface area contributed by atoms with Crippen LogP contribution in [0.4, 0.5) is 0 Å². The lowest BCUT2D eigenvalue weighted by Crippen LogP contribution is -2.34. The summed E-state index contributed by atoms with van der Waals surface area (Å²) < 4.78 is 7.44. The molecule has 2 aromatic rings. The molecule has 1 saturated carbocycles. The third-order valence-electron chi connectivity index (χ3n) is 4.75. The number of hydrogen-bond acceptors (Lipinski definition) is 5. The molecule has 0 aromatic carbocycles. The predicted molar refractivity (Wildman–Crippen MR) is 89.7 cm³/mol. The van der Waals surface area contributed by atoms with Gasteiger partial charge in [0, 0.05) is 19.3 Å². The minimum Gasteiger partial charge on any atom is -0.482 e. The second kappa shape index (κ2) is 6.84. The molecule has 2 aliphatic rings. The molecule has 1 aliphatic heterocycles. The van der Waals surface area contributed by atoms with E-state index in [0.29, 0.717) is 24.8 Å². The lowest BCUT2D eigenvalue weighted by atomic mass is 10.1. The van der Waals surface area contributed by atoms with Crippen molar-refractivity contribution in [2.45, 2.75) is 38.5 Å². The lowest BCUT2D eigenvalue weighted by Gasteiger charge is -2.20. The van der Waals surface area contributed by atoms with Gasteiger partial charge in [0.2, 0.25) is 0 Å². The molecule has 132 valence electrons. The molecule has 25 heavy (non-hydrogen) atoms. The maximum absolute atomic E-state index is 12.5. The smallest absolute Gasteiger partial charge is 0.260 e. The minimum atomic E-state index is -0.475. The van der Waals surface area contributed by atoms with Gasteiger partial charge in [-0.1, -0.05) is 0 Å². The van der Waals surface area contributed by atoms with Gasteiger partial charge in [0.15, 0.2) is 6.61 Å². The highest BCUT2D eigenvalue weighted by molar-refractivity contribution is 5.77. The Labute approximate surface area is 146 Å². The van der Waals surface area contributed by atoms with Gasteiger partial charge in [-0.15, -0.1) is 0 Å². The van der Waals surface area contributed by atoms with Crippen LogP contribution in [0.3, 0.4) is 0 Å². The van der Waals surface area contributed by atoms with E-state index in [1.165, 1.54) is 0 Å². The van der Waals surface area contributed by atoms with Crippen molar-refractivity contribution < 1.29 is 14.6 Å². The summed E-state index contributed by atoms with van der Waals surface area (Å²) in [5, 5.41) is 14.8. The molecule has 0 bridgehead atoms. The molecule has 1 N–H and O–H groups in total. The molecule has 1 amide bonds. The summed E-state index contributed by atoms with van der Waals surface area (Å²) >= 11 is 0. The van der Waals surface area contributed by atoms with Crippen LogP contribution in [0.2, 0.25) is 0 Å². The SMILES string of the molecule is O=C(COc1cccnc1)N1CCCn2nc([C@H](O)C3CC3)cc2C1. The molecule has 2 aromatic heterocycles. The number of aryl methyl sites for hydroxylation is 1. The van der Waals surface area contributed by atoms with Crippen molar-refractivity contribution in [1.29, 1.82) is 0 Å². The number of nitrogens with zero attached hydrogens (tertiary/aromatic N) is 4. The first-order valence-electron chi connectivity index (χ1n) is 8.76. The molecular weight excluding hydrogens is 320 g/mol. The molecule has 1 aliphatic carbocycles. The standard InChI is InChI=1S/C18H22N4O3/c23-17(12-25-15-3-1-6-19-10-15)21-7-2-8-22-14(11-21)9-16(20-22)18(24)13-4-5-13/h1,3,6,9-10,13,18,24H,2,4-5,7-8,11-12H2/t18-/m1/s1. The molecule has 7 nitrogen and oxygen atoms in total. The number of aliphatic hydroxyl groups is 1. The number of pyridine rings is 1. The summed E-state index contributed by atoms with van der Waals surface area (Å²) in [4.78, 5) is 18.3. The summed E-state index contributed by atoms with van der Waals surface area (Å²) in [7, 11) is 0. The molecule has 3 heterocycles. The Kier molecular flexibility index (Phi) is 4.40. The lowest BCUT2D eigenvalue weighted by molar-refractivity contribution is -0.134. The average Bonchev–Trinajstić information content (AvgIpc) is 3.44. The highest BCUT2D eigenvalue weighted by atomic mass is 16.5. The Morgan fingerprint density at radius 2 is 2.28 bits per heavy atom. The first-order valence-corrected chi connectivity index (χ1v) is 8.76. The highest BCUT2D eigenvalue weighted by Crippen LogP contribution is 2.40. The van der Waals surface area contributed by atoms with E-state index in [1.807, 2.05) is 10.7 Å². The summed E-state index contributed by atoms with van der Waals surface area (Å²) in [5.41, 5.74) is 1.71. The number of rotatable bonds is 5. The van der Waals surface area contributed by atoms with E-state index in [1.54, 1.807) is 29.4 Å². The van der Waals surface area contributed by atoms with Crippen molar-refractivity contribution in [2.75, 3.05) is 13.2 Å². The molecule has 4 rings (SSSR count). The first-order chi connectivity index (χ1) is 12.2. The molecule has 7 heteroatoms. The van der Waals surface area contributed by atoms with Gasteiger partial charge in [0.25, 0.3) is 5.91 Å². The number of fused-ring (bicyclic) bond motifs is 1. The van der Waals surface area contributed by atoms with Gasteiger partial charge in [-0.25, -0.2) is 0 Å². The van der Waals surface area contributed by atoms with Crippen LogP contribution in [0, 0.1) is 5.92 Å². The number of carbonyl (C=O) groups is 1. The number of aromatic nitrogens is 3. The van der Waals surface area contributed by atoms with Crippen molar-refractivity contribution >= 4 is 5.91 Å². The Bertz CT molecular complexity index is 742. The Hall–Kier alpha value is -2.41. The second-order valence-electron chi connectivity index (χ2n) is 6.71. The second-order valence-corrected chi connectivity index (χ2v) is 6.71. The van der Waals surface area contributed by atoms with Gasteiger partial charge >= 0.3 is 0 Å². The molecule has 0 saturated heterocycles. The summed E-state index contributed by atoms with van der Waals surface area (Å²) in [6.45, 7) is 1.94. The maximum atomic E-state index is 12.5. The van der Waals surface area contributed by atoms with Gasteiger partial charge in [-0.05, 0) is 43.4 Å². The van der Waals surface area contributed by atoms with E-state index in [2.05, 4.69) is 10.1 Å². The van der Waals surface area contributed by atoms with E-state index in [9.17, 15) is 9.90 Å². The fraction of sp³-hybridized carbons (Fsp3) is 0.500. The third-order valence-corrected chi connectivity index (χ3v) is 4.75. The number of hydrogen-bond donors (Lipinski definition) is 1. The van der Waals surface area contributed by atoms with Crippen LogP contribution in [-0.4, -0.2) is 43.8 Å². The molecule has 0 spiro atoms. The van der Waals surface area contributed by atoms with E-state index in [4.69, 9.17) is 4.74 Å². The molecule has 0 radical (unpaired) electrons. The number of ether oxygens (including phenoxy) is 1. The first kappa shape index (κ1) is 16.1. The van der Waals surface area contributed by atoms with Gasteiger partial charge in [0.1, 0.15) is 11.9 Å². The maximum Gasteiger partial charge on any atom is 0.260 e. The summed E-state index contributed by atoms with van der Waals surface area (Å²) in [6, 6.07) is 5.50. The van der Waals surface area contributed by atoms with Gasteiger partial charge in [-0.3, -0.25) is 14.5 Å². The van der Waals surface area contributed by atoms with Crippen molar-refractivity contribution in [3.05, 3.63) is 42.0 Å². The zero-order valence-corrected chi connectivity index (χ0v) is 14.0. The number of aliphatic hydroxyl groups excluding tert-OH is 1. The third kappa shape index (κ3) is 3.66. The van der Waals surface area contributed by atoms with Gasteiger partial charge in [-0.2, -0.15) is 5.10 Å². The Balaban J connectivity index is 1.40. The van der Waals surface area contributed by atoms with Crippen LogP contribution in [0.25, 0.3) is 0 Å². The van der Waals surface area contributed by atoms with Crippen molar-refractivity contribution in [3.63, 3.8) is 0 Å². The fourth-order valence-corrected chi connectivity index (χ4v) is 3.16. The number of amides is 1. The number of carbonyl (C=O) groups excluding carboxylic acids is 1. The topological polar surface area (TPSA) is 80.5 Å². The van der Waals surface area contributed by atoms with E-state index < -0.39 is 6.10 Å². The normalized spacial score (nSPS) is 18.4. The van der Waals surface area contributed by atoms with Crippen LogP contribution in [-0.2, 0) is 17.9 Å². The van der Waals surface area contributed by atoms with Gasteiger partial charge < -0.3 is 14.7 Å². The summed E-state index contributed by atoms with van der Waals surface area (Å²) in [6.07, 6.45) is 5.76. The molecule has 1 atom stereocenters. The zero-order chi connectivity index (χ0) is 17.2. The van der Waals surface area contributed by atoms with Crippen molar-refractivity contribution in [2.24, 2.45) is 5.92 Å². The molecule has 0 unspecified atom stereocenters. The van der Waals surface area contributed by atoms with E-state index in [0.717, 1.165) is 37.2 Å². The van der Waals surface area contributed by atoms with Crippen LogP contribution < -0.4 is 4.74 Å².